The lowest BCUT2D eigenvalue weighted by atomic mass is 10.2. The molecule has 0 radical (unpaired) electrons. The van der Waals surface area contributed by atoms with Gasteiger partial charge in [0, 0.05) is 6.54 Å². The van der Waals surface area contributed by atoms with Crippen molar-refractivity contribution in [2.75, 3.05) is 0 Å². The second-order valence-corrected chi connectivity index (χ2v) is 2.29. The molecule has 0 aromatic carbocycles. The van der Waals surface area contributed by atoms with Gasteiger partial charge in [0.05, 0.1) is 17.5 Å². The van der Waals surface area contributed by atoms with Crippen molar-refractivity contribution in [3.05, 3.63) is 29.1 Å². The van der Waals surface area contributed by atoms with Crippen molar-refractivity contribution in [3.63, 3.8) is 0 Å². The first-order valence-corrected chi connectivity index (χ1v) is 3.39. The highest BCUT2D eigenvalue weighted by Gasteiger charge is 2.21. The zero-order valence-electron chi connectivity index (χ0n) is 6.40. The molecule has 2 nitrogen and oxygen atoms in total. The van der Waals surface area contributed by atoms with Crippen LogP contribution in [0.15, 0.2) is 6.20 Å². The molecule has 0 spiro atoms. The Hall–Kier alpha value is -1.17. The molecule has 0 saturated heterocycles. The summed E-state index contributed by atoms with van der Waals surface area (Å²) in [6.07, 6.45) is -2.67. The third-order valence-electron chi connectivity index (χ3n) is 1.49. The van der Waals surface area contributed by atoms with Crippen LogP contribution in [0.2, 0.25) is 0 Å². The molecule has 6 heteroatoms. The molecule has 0 aliphatic carbocycles. The summed E-state index contributed by atoms with van der Waals surface area (Å²) in [5.41, 5.74) is 3.37. The lowest BCUT2D eigenvalue weighted by Gasteiger charge is -2.05. The summed E-state index contributed by atoms with van der Waals surface area (Å²) in [6.45, 7) is -0.341. The molecular formula is C7H6F4N2. The van der Waals surface area contributed by atoms with Crippen molar-refractivity contribution < 1.29 is 17.6 Å². The summed E-state index contributed by atoms with van der Waals surface area (Å²) in [4.78, 5) is 3.23. The molecule has 13 heavy (non-hydrogen) atoms. The molecule has 0 unspecified atom stereocenters. The maximum atomic E-state index is 12.9. The lowest BCUT2D eigenvalue weighted by molar-refractivity contribution is 0.140. The first kappa shape index (κ1) is 9.91. The Morgan fingerprint density at radius 3 is 2.46 bits per heavy atom. The first-order valence-electron chi connectivity index (χ1n) is 3.39. The molecular weight excluding hydrogens is 188 g/mol. The summed E-state index contributed by atoms with van der Waals surface area (Å²) in [6, 6.07) is 0. The summed E-state index contributed by atoms with van der Waals surface area (Å²) in [5.74, 6) is -2.72. The number of halogens is 4. The summed E-state index contributed by atoms with van der Waals surface area (Å²) >= 11 is 0. The van der Waals surface area contributed by atoms with Gasteiger partial charge in [-0.05, 0) is 0 Å². The maximum Gasteiger partial charge on any atom is 0.269 e. The Labute approximate surface area is 71.4 Å². The van der Waals surface area contributed by atoms with Gasteiger partial charge >= 0.3 is 0 Å². The van der Waals surface area contributed by atoms with E-state index in [9.17, 15) is 17.6 Å². The second kappa shape index (κ2) is 3.69. The zero-order valence-corrected chi connectivity index (χ0v) is 6.40. The number of hydrogen-bond acceptors (Lipinski definition) is 2. The lowest BCUT2D eigenvalue weighted by Crippen LogP contribution is -2.08. The number of nitrogens with two attached hydrogens (primary N) is 1. The van der Waals surface area contributed by atoms with Crippen molar-refractivity contribution >= 4 is 0 Å². The van der Waals surface area contributed by atoms with Crippen molar-refractivity contribution in [2.24, 2.45) is 5.73 Å². The molecule has 1 heterocycles. The van der Waals surface area contributed by atoms with Crippen LogP contribution in [0, 0.1) is 11.6 Å². The molecule has 72 valence electrons. The van der Waals surface area contributed by atoms with Crippen molar-refractivity contribution in [1.82, 2.24) is 4.98 Å². The van der Waals surface area contributed by atoms with E-state index < -0.39 is 23.6 Å². The highest BCUT2D eigenvalue weighted by molar-refractivity contribution is 5.22. The van der Waals surface area contributed by atoms with E-state index in [1.54, 1.807) is 0 Å². The molecule has 0 atom stereocenters. The first-order chi connectivity index (χ1) is 6.07. The van der Waals surface area contributed by atoms with Gasteiger partial charge in [-0.25, -0.2) is 17.6 Å². The Balaban J connectivity index is 3.30. The number of pyridine rings is 1. The van der Waals surface area contributed by atoms with E-state index in [0.29, 0.717) is 6.20 Å². The van der Waals surface area contributed by atoms with Crippen LogP contribution in [0.3, 0.4) is 0 Å². The normalized spacial score (nSPS) is 10.9. The van der Waals surface area contributed by atoms with Crippen molar-refractivity contribution in [2.45, 2.75) is 13.0 Å². The molecule has 0 aliphatic rings. The van der Waals surface area contributed by atoms with Crippen LogP contribution in [0.25, 0.3) is 0 Å². The van der Waals surface area contributed by atoms with Gasteiger partial charge < -0.3 is 5.73 Å². The van der Waals surface area contributed by atoms with Crippen LogP contribution in [-0.4, -0.2) is 4.98 Å². The smallest absolute Gasteiger partial charge is 0.269 e. The van der Waals surface area contributed by atoms with Crippen molar-refractivity contribution in [1.29, 1.82) is 0 Å². The molecule has 0 bridgehead atoms. The zero-order chi connectivity index (χ0) is 10.0. The fraction of sp³-hybridized carbons (Fsp3) is 0.286. The van der Waals surface area contributed by atoms with Crippen LogP contribution in [0.5, 0.6) is 0 Å². The van der Waals surface area contributed by atoms with Crippen LogP contribution >= 0.6 is 0 Å². The van der Waals surface area contributed by atoms with Gasteiger partial charge in [-0.2, -0.15) is 0 Å². The average Bonchev–Trinajstić information content (AvgIpc) is 2.04. The molecule has 0 aliphatic heterocycles. The molecule has 1 aromatic rings. The number of aromatic nitrogens is 1. The fourth-order valence-corrected chi connectivity index (χ4v) is 0.863. The van der Waals surface area contributed by atoms with Crippen molar-refractivity contribution in [3.8, 4) is 0 Å². The Bertz CT molecular complexity index is 314. The predicted octanol–water partition coefficient (Wildman–Crippen LogP) is 1.76. The Morgan fingerprint density at radius 1 is 1.38 bits per heavy atom. The quantitative estimate of drug-likeness (QED) is 0.728. The molecule has 0 amide bonds. The van der Waals surface area contributed by atoms with E-state index in [1.165, 1.54) is 0 Å². The van der Waals surface area contributed by atoms with Crippen LogP contribution in [0.4, 0.5) is 17.6 Å². The third-order valence-corrected chi connectivity index (χ3v) is 1.49. The standard InChI is InChI=1S/C7H6F4N2/c8-3-2-13-4(1-12)6(9)5(3)7(10)11/h2,7H,1,12H2. The molecule has 1 aromatic heterocycles. The number of hydrogen-bond donors (Lipinski definition) is 1. The fourth-order valence-electron chi connectivity index (χ4n) is 0.863. The minimum Gasteiger partial charge on any atom is -0.325 e. The van der Waals surface area contributed by atoms with E-state index in [1.807, 2.05) is 0 Å². The van der Waals surface area contributed by atoms with Gasteiger partial charge in [-0.15, -0.1) is 0 Å². The Morgan fingerprint density at radius 2 is 2.00 bits per heavy atom. The minimum atomic E-state index is -3.20. The number of nitrogens with zero attached hydrogens (tertiary/aromatic N) is 1. The molecule has 2 N–H and O–H groups in total. The van der Waals surface area contributed by atoms with Crippen LogP contribution in [0.1, 0.15) is 17.7 Å². The third kappa shape index (κ3) is 1.77. The van der Waals surface area contributed by atoms with E-state index >= 15 is 0 Å². The topological polar surface area (TPSA) is 38.9 Å². The van der Waals surface area contributed by atoms with Gasteiger partial charge in [0.2, 0.25) is 0 Å². The summed E-state index contributed by atoms with van der Waals surface area (Å²) < 4.78 is 49.6. The SMILES string of the molecule is NCc1ncc(F)c(C(F)F)c1F. The van der Waals surface area contributed by atoms with E-state index in [0.717, 1.165) is 0 Å². The summed E-state index contributed by atoms with van der Waals surface area (Å²) in [7, 11) is 0. The molecule has 0 saturated carbocycles. The Kier molecular flexibility index (Phi) is 2.82. The van der Waals surface area contributed by atoms with Gasteiger partial charge in [0.25, 0.3) is 6.43 Å². The minimum absolute atomic E-state index is 0.341. The number of alkyl halides is 2. The van der Waals surface area contributed by atoms with E-state index in [4.69, 9.17) is 5.73 Å². The van der Waals surface area contributed by atoms with Gasteiger partial charge in [0.1, 0.15) is 0 Å². The largest absolute Gasteiger partial charge is 0.325 e. The monoisotopic (exact) mass is 194 g/mol. The van der Waals surface area contributed by atoms with Gasteiger partial charge in [-0.3, -0.25) is 4.98 Å². The van der Waals surface area contributed by atoms with Gasteiger partial charge in [0.15, 0.2) is 11.6 Å². The van der Waals surface area contributed by atoms with E-state index in [-0.39, 0.29) is 12.2 Å². The highest BCUT2D eigenvalue weighted by Crippen LogP contribution is 2.25. The molecule has 0 fully saturated rings. The van der Waals surface area contributed by atoms with Gasteiger partial charge in [-0.1, -0.05) is 0 Å². The highest BCUT2D eigenvalue weighted by atomic mass is 19.3. The second-order valence-electron chi connectivity index (χ2n) is 2.29. The predicted molar refractivity (Wildman–Crippen MR) is 37.0 cm³/mol. The van der Waals surface area contributed by atoms with E-state index in [2.05, 4.69) is 4.98 Å². The van der Waals surface area contributed by atoms with Crippen LogP contribution in [-0.2, 0) is 6.54 Å². The average molecular weight is 194 g/mol. The summed E-state index contributed by atoms with van der Waals surface area (Å²) in [5, 5.41) is 0. The molecule has 1 rings (SSSR count). The number of rotatable bonds is 2. The van der Waals surface area contributed by atoms with Crippen LogP contribution < -0.4 is 5.73 Å². The maximum absolute atomic E-state index is 12.9.